The van der Waals surface area contributed by atoms with Crippen LogP contribution in [0.2, 0.25) is 0 Å². The zero-order valence-electron chi connectivity index (χ0n) is 15.5. The van der Waals surface area contributed by atoms with Gasteiger partial charge >= 0.3 is 0 Å². The first-order valence-electron chi connectivity index (χ1n) is 9.11. The highest BCUT2D eigenvalue weighted by Gasteiger charge is 2.20. The SMILES string of the molecule is CC(C)Oc1ccc(C2=NC(c3ccc(OC(C)C)cc3)CC2)cc1. The third-order valence-corrected chi connectivity index (χ3v) is 4.16. The predicted molar refractivity (Wildman–Crippen MR) is 103 cm³/mol. The van der Waals surface area contributed by atoms with Gasteiger partial charge in [-0.15, -0.1) is 0 Å². The molecule has 0 N–H and O–H groups in total. The van der Waals surface area contributed by atoms with Crippen LogP contribution in [-0.4, -0.2) is 17.9 Å². The van der Waals surface area contributed by atoms with Crippen LogP contribution in [0.5, 0.6) is 11.5 Å². The van der Waals surface area contributed by atoms with Crippen LogP contribution in [0.3, 0.4) is 0 Å². The van der Waals surface area contributed by atoms with E-state index in [-0.39, 0.29) is 18.2 Å². The van der Waals surface area contributed by atoms with Gasteiger partial charge in [-0.3, -0.25) is 4.99 Å². The number of aliphatic imine (C=N–C) groups is 1. The number of hydrogen-bond acceptors (Lipinski definition) is 3. The van der Waals surface area contributed by atoms with Crippen LogP contribution in [0.25, 0.3) is 0 Å². The van der Waals surface area contributed by atoms with E-state index in [4.69, 9.17) is 14.5 Å². The summed E-state index contributed by atoms with van der Waals surface area (Å²) in [5.41, 5.74) is 3.63. The van der Waals surface area contributed by atoms with Crippen LogP contribution in [-0.2, 0) is 0 Å². The molecule has 1 aliphatic rings. The lowest BCUT2D eigenvalue weighted by Crippen LogP contribution is -2.05. The van der Waals surface area contributed by atoms with E-state index < -0.39 is 0 Å². The lowest BCUT2D eigenvalue weighted by atomic mass is 10.0. The van der Waals surface area contributed by atoms with Crippen molar-refractivity contribution in [1.82, 2.24) is 0 Å². The Morgan fingerprint density at radius 2 is 1.32 bits per heavy atom. The first kappa shape index (κ1) is 17.5. The maximum absolute atomic E-state index is 5.71. The van der Waals surface area contributed by atoms with Gasteiger partial charge in [-0.1, -0.05) is 12.1 Å². The molecule has 0 radical (unpaired) electrons. The average Bonchev–Trinajstić information content (AvgIpc) is 3.05. The van der Waals surface area contributed by atoms with Crippen LogP contribution in [0.1, 0.15) is 57.7 Å². The molecule has 0 spiro atoms. The molecule has 0 bridgehead atoms. The Labute approximate surface area is 150 Å². The van der Waals surface area contributed by atoms with Gasteiger partial charge in [0.05, 0.1) is 18.2 Å². The molecule has 0 fully saturated rings. The molecule has 2 aromatic carbocycles. The smallest absolute Gasteiger partial charge is 0.119 e. The van der Waals surface area contributed by atoms with Crippen LogP contribution in [0, 0.1) is 0 Å². The van der Waals surface area contributed by atoms with E-state index in [1.54, 1.807) is 0 Å². The molecule has 1 heterocycles. The molecule has 1 unspecified atom stereocenters. The Hall–Kier alpha value is -2.29. The summed E-state index contributed by atoms with van der Waals surface area (Å²) in [4.78, 5) is 4.94. The van der Waals surface area contributed by atoms with Gasteiger partial charge in [0.1, 0.15) is 11.5 Å². The minimum Gasteiger partial charge on any atom is -0.491 e. The zero-order valence-corrected chi connectivity index (χ0v) is 15.5. The van der Waals surface area contributed by atoms with Gasteiger partial charge in [0.2, 0.25) is 0 Å². The molecule has 0 saturated heterocycles. The van der Waals surface area contributed by atoms with Gasteiger partial charge in [-0.25, -0.2) is 0 Å². The molecule has 132 valence electrons. The van der Waals surface area contributed by atoms with Crippen molar-refractivity contribution in [2.75, 3.05) is 0 Å². The third kappa shape index (κ3) is 4.62. The van der Waals surface area contributed by atoms with Gasteiger partial charge < -0.3 is 9.47 Å². The van der Waals surface area contributed by atoms with Crippen molar-refractivity contribution in [3.63, 3.8) is 0 Å². The monoisotopic (exact) mass is 337 g/mol. The van der Waals surface area contributed by atoms with E-state index in [9.17, 15) is 0 Å². The number of benzene rings is 2. The average molecular weight is 337 g/mol. The molecule has 3 heteroatoms. The Bertz CT molecular complexity index is 715. The van der Waals surface area contributed by atoms with E-state index >= 15 is 0 Å². The Morgan fingerprint density at radius 1 is 0.800 bits per heavy atom. The van der Waals surface area contributed by atoms with Gasteiger partial charge in [0.25, 0.3) is 0 Å². The van der Waals surface area contributed by atoms with E-state index in [2.05, 4.69) is 24.3 Å². The second-order valence-corrected chi connectivity index (χ2v) is 7.06. The number of hydrogen-bond donors (Lipinski definition) is 0. The van der Waals surface area contributed by atoms with Gasteiger partial charge in [0, 0.05) is 5.71 Å². The van der Waals surface area contributed by atoms with Crippen LogP contribution in [0.15, 0.2) is 53.5 Å². The topological polar surface area (TPSA) is 30.8 Å². The van der Waals surface area contributed by atoms with Crippen molar-refractivity contribution in [2.45, 2.75) is 58.8 Å². The van der Waals surface area contributed by atoms with E-state index in [0.717, 1.165) is 24.3 Å². The van der Waals surface area contributed by atoms with Crippen molar-refractivity contribution < 1.29 is 9.47 Å². The number of nitrogens with zero attached hydrogens (tertiary/aromatic N) is 1. The van der Waals surface area contributed by atoms with E-state index in [0.29, 0.717) is 0 Å². The summed E-state index contributed by atoms with van der Waals surface area (Å²) in [5, 5.41) is 0. The predicted octanol–water partition coefficient (Wildman–Crippen LogP) is 5.59. The summed E-state index contributed by atoms with van der Waals surface area (Å²) in [6.45, 7) is 8.16. The maximum Gasteiger partial charge on any atom is 0.119 e. The Balaban J connectivity index is 1.69. The summed E-state index contributed by atoms with van der Waals surface area (Å²) < 4.78 is 11.4. The summed E-state index contributed by atoms with van der Waals surface area (Å²) in [5.74, 6) is 1.83. The highest BCUT2D eigenvalue weighted by Crippen LogP contribution is 2.32. The van der Waals surface area contributed by atoms with Gasteiger partial charge in [-0.05, 0) is 88.1 Å². The van der Waals surface area contributed by atoms with Crippen molar-refractivity contribution in [3.05, 3.63) is 59.7 Å². The standard InChI is InChI=1S/C22H27NO2/c1-15(2)24-19-9-5-17(6-10-19)21-13-14-22(23-21)18-7-11-20(12-8-18)25-16(3)4/h5-12,15-16,21H,13-14H2,1-4H3. The van der Waals surface area contributed by atoms with Gasteiger partial charge in [0.15, 0.2) is 0 Å². The van der Waals surface area contributed by atoms with E-state index in [1.165, 1.54) is 16.8 Å². The third-order valence-electron chi connectivity index (χ3n) is 4.16. The van der Waals surface area contributed by atoms with Crippen LogP contribution in [0.4, 0.5) is 0 Å². The first-order chi connectivity index (χ1) is 12.0. The van der Waals surface area contributed by atoms with Crippen molar-refractivity contribution in [1.29, 1.82) is 0 Å². The van der Waals surface area contributed by atoms with Crippen molar-refractivity contribution in [2.24, 2.45) is 4.99 Å². The lowest BCUT2D eigenvalue weighted by Gasteiger charge is -2.11. The Morgan fingerprint density at radius 3 is 1.84 bits per heavy atom. The second-order valence-electron chi connectivity index (χ2n) is 7.06. The molecular weight excluding hydrogens is 310 g/mol. The molecule has 3 rings (SSSR count). The molecule has 2 aromatic rings. The molecule has 1 atom stereocenters. The highest BCUT2D eigenvalue weighted by molar-refractivity contribution is 6.01. The minimum absolute atomic E-state index is 0.196. The summed E-state index contributed by atoms with van der Waals surface area (Å²) >= 11 is 0. The van der Waals surface area contributed by atoms with Crippen molar-refractivity contribution >= 4 is 5.71 Å². The fraction of sp³-hybridized carbons (Fsp3) is 0.409. The molecule has 0 aromatic heterocycles. The second kappa shape index (κ2) is 7.73. The number of ether oxygens (including phenoxy) is 2. The normalized spacial score (nSPS) is 17.0. The fourth-order valence-electron chi connectivity index (χ4n) is 3.09. The summed E-state index contributed by atoms with van der Waals surface area (Å²) in [6, 6.07) is 16.9. The largest absolute Gasteiger partial charge is 0.491 e. The maximum atomic E-state index is 5.71. The van der Waals surface area contributed by atoms with Gasteiger partial charge in [-0.2, -0.15) is 0 Å². The molecule has 0 amide bonds. The molecule has 3 nitrogen and oxygen atoms in total. The highest BCUT2D eigenvalue weighted by atomic mass is 16.5. The fourth-order valence-corrected chi connectivity index (χ4v) is 3.09. The van der Waals surface area contributed by atoms with Crippen molar-refractivity contribution in [3.8, 4) is 11.5 Å². The van der Waals surface area contributed by atoms with Crippen LogP contribution >= 0.6 is 0 Å². The lowest BCUT2D eigenvalue weighted by molar-refractivity contribution is 0.242. The Kier molecular flexibility index (Phi) is 5.42. The zero-order chi connectivity index (χ0) is 17.8. The quantitative estimate of drug-likeness (QED) is 0.688. The summed E-state index contributed by atoms with van der Waals surface area (Å²) in [7, 11) is 0. The summed E-state index contributed by atoms with van der Waals surface area (Å²) in [6.07, 6.45) is 2.47. The number of rotatable bonds is 6. The van der Waals surface area contributed by atoms with Crippen LogP contribution < -0.4 is 9.47 Å². The molecular formula is C22H27NO2. The minimum atomic E-state index is 0.196. The molecule has 0 aliphatic carbocycles. The van der Waals surface area contributed by atoms with E-state index in [1.807, 2.05) is 52.0 Å². The first-order valence-corrected chi connectivity index (χ1v) is 9.11. The molecule has 25 heavy (non-hydrogen) atoms. The molecule has 1 aliphatic heterocycles. The molecule has 0 saturated carbocycles.